The molecule has 0 bridgehead atoms. The van der Waals surface area contributed by atoms with Crippen LogP contribution in [0.4, 0.5) is 0 Å². The summed E-state index contributed by atoms with van der Waals surface area (Å²) in [6.07, 6.45) is 0. The molecule has 2 radical (unpaired) electrons. The third-order valence-electron chi connectivity index (χ3n) is 4.37. The Hall–Kier alpha value is -1.68. The Bertz CT molecular complexity index is 1090. The fraction of sp³-hybridized carbons (Fsp3) is 0. The van der Waals surface area contributed by atoms with Crippen molar-refractivity contribution < 1.29 is 50.6 Å². The molecule has 5 heteroatoms. The van der Waals surface area contributed by atoms with Crippen LogP contribution in [0.25, 0.3) is 43.1 Å². The van der Waals surface area contributed by atoms with Gasteiger partial charge in [-0.3, -0.25) is 0 Å². The van der Waals surface area contributed by atoms with Crippen LogP contribution in [0.15, 0.2) is 72.8 Å². The van der Waals surface area contributed by atoms with Crippen LogP contribution < -0.4 is 0 Å². The van der Waals surface area contributed by atoms with E-state index in [0.717, 1.165) is 0 Å². The van der Waals surface area contributed by atoms with Crippen LogP contribution in [0.5, 0.6) is 0 Å². The Labute approximate surface area is 166 Å². The van der Waals surface area contributed by atoms with Crippen LogP contribution in [0.3, 0.4) is 0 Å². The molecular formula is C20H12Fe2O3. The molecule has 25 heavy (non-hydrogen) atoms. The number of benzene rings is 5. The van der Waals surface area contributed by atoms with Crippen molar-refractivity contribution in [1.82, 2.24) is 0 Å². The van der Waals surface area contributed by atoms with Gasteiger partial charge in [-0.2, -0.15) is 0 Å². The van der Waals surface area contributed by atoms with E-state index in [4.69, 9.17) is 0 Å². The zero-order chi connectivity index (χ0) is 13.1. The molecule has 126 valence electrons. The van der Waals surface area contributed by atoms with Gasteiger partial charge >= 0.3 is 34.1 Å². The van der Waals surface area contributed by atoms with Crippen LogP contribution in [0.2, 0.25) is 0 Å². The molecule has 5 aromatic rings. The topological polar surface area (TPSA) is 85.5 Å². The third kappa shape index (κ3) is 3.24. The van der Waals surface area contributed by atoms with E-state index in [-0.39, 0.29) is 50.6 Å². The average molecular weight is 412 g/mol. The fourth-order valence-electron chi connectivity index (χ4n) is 3.49. The van der Waals surface area contributed by atoms with Crippen molar-refractivity contribution in [2.45, 2.75) is 0 Å². The van der Waals surface area contributed by atoms with Crippen molar-refractivity contribution >= 4 is 43.1 Å². The summed E-state index contributed by atoms with van der Waals surface area (Å²) in [5.74, 6) is 0. The normalized spacial score (nSPS) is 9.60. The summed E-state index contributed by atoms with van der Waals surface area (Å²) < 4.78 is 0. The monoisotopic (exact) mass is 412 g/mol. The van der Waals surface area contributed by atoms with Crippen LogP contribution in [-0.2, 0) is 50.6 Å². The second-order valence-corrected chi connectivity index (χ2v) is 5.45. The second-order valence-electron chi connectivity index (χ2n) is 5.45. The second kappa shape index (κ2) is 8.61. The van der Waals surface area contributed by atoms with E-state index in [1.165, 1.54) is 43.1 Å². The number of hydrogen-bond donors (Lipinski definition) is 0. The Morgan fingerprint density at radius 2 is 0.960 bits per heavy atom. The summed E-state index contributed by atoms with van der Waals surface area (Å²) >= 11 is 0. The molecule has 0 spiro atoms. The minimum Gasteiger partial charge on any atom is -2.00 e. The van der Waals surface area contributed by atoms with Gasteiger partial charge < -0.3 is 16.4 Å². The summed E-state index contributed by atoms with van der Waals surface area (Å²) in [6.45, 7) is 0. The molecule has 0 aromatic heterocycles. The van der Waals surface area contributed by atoms with E-state index < -0.39 is 0 Å². The first-order valence-corrected chi connectivity index (χ1v) is 6.97. The van der Waals surface area contributed by atoms with Gasteiger partial charge in [-0.15, -0.1) is 0 Å². The number of fused-ring (bicyclic) bond motifs is 2. The van der Waals surface area contributed by atoms with Gasteiger partial charge in [0.05, 0.1) is 0 Å². The van der Waals surface area contributed by atoms with Crippen molar-refractivity contribution in [2.24, 2.45) is 0 Å². The number of rotatable bonds is 0. The van der Waals surface area contributed by atoms with Crippen LogP contribution in [0, 0.1) is 0 Å². The maximum atomic E-state index is 2.31. The molecule has 0 aliphatic carbocycles. The minimum atomic E-state index is 0. The van der Waals surface area contributed by atoms with E-state index in [1.807, 2.05) is 0 Å². The molecule has 0 saturated heterocycles. The maximum Gasteiger partial charge on any atom is 3.00 e. The van der Waals surface area contributed by atoms with Crippen LogP contribution in [-0.4, -0.2) is 0 Å². The standard InChI is InChI=1S/C20H12.2Fe.3O/c1-2-7-17-15(4-1)12-16-9-8-13-5-3-6-14-10-11-18(17)20(16)19(13)14;;;;;/h1-12H;;;;;/q;2*+3;3*-2. The summed E-state index contributed by atoms with van der Waals surface area (Å²) in [5.41, 5.74) is 0. The summed E-state index contributed by atoms with van der Waals surface area (Å²) in [4.78, 5) is 0. The minimum absolute atomic E-state index is 0. The molecule has 5 rings (SSSR count). The molecule has 0 atom stereocenters. The van der Waals surface area contributed by atoms with E-state index in [0.29, 0.717) is 0 Å². The van der Waals surface area contributed by atoms with Gasteiger partial charge in [-0.1, -0.05) is 66.7 Å². The van der Waals surface area contributed by atoms with Crippen molar-refractivity contribution in [3.8, 4) is 0 Å². The van der Waals surface area contributed by atoms with E-state index in [2.05, 4.69) is 72.8 Å². The largest absolute Gasteiger partial charge is 3.00 e. The average Bonchev–Trinajstić information content (AvgIpc) is 2.52. The Morgan fingerprint density at radius 1 is 0.400 bits per heavy atom. The third-order valence-corrected chi connectivity index (χ3v) is 4.37. The fourth-order valence-corrected chi connectivity index (χ4v) is 3.49. The number of hydrogen-bond acceptors (Lipinski definition) is 0. The van der Waals surface area contributed by atoms with Gasteiger partial charge in [-0.05, 0) is 49.2 Å². The molecule has 0 unspecified atom stereocenters. The molecule has 0 saturated carbocycles. The van der Waals surface area contributed by atoms with Crippen molar-refractivity contribution in [3.63, 3.8) is 0 Å². The van der Waals surface area contributed by atoms with Gasteiger partial charge in [-0.25, -0.2) is 0 Å². The first-order chi connectivity index (χ1) is 9.92. The van der Waals surface area contributed by atoms with Gasteiger partial charge in [0.1, 0.15) is 0 Å². The van der Waals surface area contributed by atoms with Gasteiger partial charge in [0.2, 0.25) is 0 Å². The quantitative estimate of drug-likeness (QED) is 0.186. The zero-order valence-electron chi connectivity index (χ0n) is 12.9. The molecular weight excluding hydrogens is 400 g/mol. The van der Waals surface area contributed by atoms with Gasteiger partial charge in [0.15, 0.2) is 0 Å². The molecule has 0 aliphatic heterocycles. The van der Waals surface area contributed by atoms with E-state index in [1.54, 1.807) is 0 Å². The molecule has 0 fully saturated rings. The SMILES string of the molecule is [Fe+3].[Fe+3].[O-2].[O-2].[O-2].c1ccc2c(c1)cc1ccc3cccc4ccc2c1c34. The maximum absolute atomic E-state index is 2.31. The molecule has 0 N–H and O–H groups in total. The Morgan fingerprint density at radius 3 is 1.68 bits per heavy atom. The summed E-state index contributed by atoms with van der Waals surface area (Å²) in [5, 5.41) is 10.8. The summed E-state index contributed by atoms with van der Waals surface area (Å²) in [6, 6.07) is 26.5. The van der Waals surface area contributed by atoms with Crippen LogP contribution in [0.1, 0.15) is 0 Å². The van der Waals surface area contributed by atoms with Crippen molar-refractivity contribution in [1.29, 1.82) is 0 Å². The predicted molar refractivity (Wildman–Crippen MR) is 89.7 cm³/mol. The Kier molecular flexibility index (Phi) is 8.03. The van der Waals surface area contributed by atoms with E-state index in [9.17, 15) is 0 Å². The first-order valence-electron chi connectivity index (χ1n) is 6.97. The molecule has 0 amide bonds. The van der Waals surface area contributed by atoms with Crippen molar-refractivity contribution in [2.75, 3.05) is 0 Å². The predicted octanol–water partition coefficient (Wildman–Crippen LogP) is 5.38. The first kappa shape index (κ1) is 23.3. The van der Waals surface area contributed by atoms with Gasteiger partial charge in [0, 0.05) is 0 Å². The molecule has 5 aromatic carbocycles. The molecule has 0 heterocycles. The van der Waals surface area contributed by atoms with Gasteiger partial charge in [0.25, 0.3) is 0 Å². The van der Waals surface area contributed by atoms with Crippen molar-refractivity contribution in [3.05, 3.63) is 72.8 Å². The summed E-state index contributed by atoms with van der Waals surface area (Å²) in [7, 11) is 0. The smallest absolute Gasteiger partial charge is 2.00 e. The molecule has 3 nitrogen and oxygen atoms in total. The molecule has 0 aliphatic rings. The zero-order valence-corrected chi connectivity index (χ0v) is 15.1. The van der Waals surface area contributed by atoms with E-state index >= 15 is 0 Å². The van der Waals surface area contributed by atoms with Crippen LogP contribution >= 0.6 is 0 Å². The Balaban J connectivity index is 0.00000115.